The fraction of sp³-hybridized carbons (Fsp3) is 0.385. The summed E-state index contributed by atoms with van der Waals surface area (Å²) in [5.41, 5.74) is 0.484. The maximum atomic E-state index is 13.3. The first-order valence-electron chi connectivity index (χ1n) is 12.0. The van der Waals surface area contributed by atoms with E-state index in [2.05, 4.69) is 4.98 Å². The van der Waals surface area contributed by atoms with Crippen LogP contribution in [0.3, 0.4) is 0 Å². The van der Waals surface area contributed by atoms with Gasteiger partial charge in [-0.2, -0.15) is 0 Å². The van der Waals surface area contributed by atoms with Gasteiger partial charge in [0.15, 0.2) is 0 Å². The third kappa shape index (κ3) is 4.50. The fourth-order valence-electron chi connectivity index (χ4n) is 5.17. The molecule has 9 heteroatoms. The van der Waals surface area contributed by atoms with Crippen LogP contribution in [0.5, 0.6) is 0 Å². The van der Waals surface area contributed by atoms with E-state index in [-0.39, 0.29) is 29.3 Å². The third-order valence-electron chi connectivity index (χ3n) is 7.13. The Labute approximate surface area is 207 Å². The number of para-hydroxylation sites is 1. The molecule has 2 heterocycles. The lowest BCUT2D eigenvalue weighted by Crippen LogP contribution is -2.51. The van der Waals surface area contributed by atoms with Gasteiger partial charge in [-0.3, -0.25) is 23.9 Å². The van der Waals surface area contributed by atoms with Gasteiger partial charge in [0.05, 0.1) is 28.0 Å². The van der Waals surface area contributed by atoms with Gasteiger partial charge in [-0.05, 0) is 36.6 Å². The van der Waals surface area contributed by atoms with Crippen LogP contribution in [-0.2, 0) is 11.3 Å². The summed E-state index contributed by atoms with van der Waals surface area (Å²) in [6.45, 7) is 2.08. The first kappa shape index (κ1) is 23.4. The number of piperazine rings is 1. The van der Waals surface area contributed by atoms with Crippen molar-refractivity contribution >= 4 is 34.3 Å². The van der Waals surface area contributed by atoms with Gasteiger partial charge in [-0.15, -0.1) is 0 Å². The topological polar surface area (TPSA) is 95.5 Å². The lowest BCUT2D eigenvalue weighted by molar-refractivity contribution is -0.136. The number of nitrogens with one attached hydrogen (secondary N) is 1. The van der Waals surface area contributed by atoms with E-state index in [1.165, 1.54) is 4.57 Å². The van der Waals surface area contributed by atoms with Crippen LogP contribution in [0.15, 0.2) is 52.1 Å². The molecule has 8 nitrogen and oxygen atoms in total. The van der Waals surface area contributed by atoms with Crippen molar-refractivity contribution in [3.05, 3.63) is 79.5 Å². The predicted octanol–water partition coefficient (Wildman–Crippen LogP) is 2.87. The van der Waals surface area contributed by atoms with Crippen molar-refractivity contribution < 1.29 is 9.59 Å². The second-order valence-electron chi connectivity index (χ2n) is 9.24. The summed E-state index contributed by atoms with van der Waals surface area (Å²) < 4.78 is 1.44. The van der Waals surface area contributed by atoms with Crippen LogP contribution in [0.25, 0.3) is 10.9 Å². The molecule has 2 fully saturated rings. The minimum atomic E-state index is -0.537. The van der Waals surface area contributed by atoms with Crippen LogP contribution >= 0.6 is 11.6 Å². The maximum Gasteiger partial charge on any atom is 0.329 e. The van der Waals surface area contributed by atoms with Crippen LogP contribution in [0, 0.1) is 5.92 Å². The quantitative estimate of drug-likeness (QED) is 0.603. The van der Waals surface area contributed by atoms with Gasteiger partial charge < -0.3 is 9.80 Å². The van der Waals surface area contributed by atoms with E-state index in [4.69, 9.17) is 11.6 Å². The predicted molar refractivity (Wildman–Crippen MR) is 134 cm³/mol. The van der Waals surface area contributed by atoms with Crippen molar-refractivity contribution in [3.8, 4) is 0 Å². The van der Waals surface area contributed by atoms with Gasteiger partial charge in [0.2, 0.25) is 5.91 Å². The number of hydrogen-bond donors (Lipinski definition) is 1. The zero-order valence-corrected chi connectivity index (χ0v) is 20.1. The molecule has 0 unspecified atom stereocenters. The van der Waals surface area contributed by atoms with Crippen LogP contribution in [0.2, 0.25) is 5.02 Å². The fourth-order valence-corrected chi connectivity index (χ4v) is 5.43. The summed E-state index contributed by atoms with van der Waals surface area (Å²) in [5.74, 6) is 0.160. The van der Waals surface area contributed by atoms with Gasteiger partial charge in [-0.1, -0.05) is 48.7 Å². The highest BCUT2D eigenvalue weighted by atomic mass is 35.5. The van der Waals surface area contributed by atoms with Gasteiger partial charge >= 0.3 is 5.69 Å². The van der Waals surface area contributed by atoms with E-state index in [0.29, 0.717) is 48.2 Å². The number of aromatic nitrogens is 2. The van der Waals surface area contributed by atoms with E-state index < -0.39 is 11.2 Å². The highest BCUT2D eigenvalue weighted by molar-refractivity contribution is 6.34. The molecular weight excluding hydrogens is 468 g/mol. The number of carbonyl (C=O) groups is 2. The van der Waals surface area contributed by atoms with Crippen molar-refractivity contribution in [2.24, 2.45) is 5.92 Å². The first-order chi connectivity index (χ1) is 16.9. The molecule has 1 saturated heterocycles. The Morgan fingerprint density at radius 3 is 2.34 bits per heavy atom. The molecule has 1 N–H and O–H groups in total. The second kappa shape index (κ2) is 9.70. The Morgan fingerprint density at radius 2 is 1.60 bits per heavy atom. The van der Waals surface area contributed by atoms with Gasteiger partial charge in [0, 0.05) is 32.1 Å². The highest BCUT2D eigenvalue weighted by Crippen LogP contribution is 2.28. The number of amides is 2. The minimum absolute atomic E-state index is 0.111. The summed E-state index contributed by atoms with van der Waals surface area (Å²) in [4.78, 5) is 56.7. The largest absolute Gasteiger partial charge is 0.339 e. The second-order valence-corrected chi connectivity index (χ2v) is 9.62. The summed E-state index contributed by atoms with van der Waals surface area (Å²) in [7, 11) is 0. The van der Waals surface area contributed by atoms with Gasteiger partial charge in [0.25, 0.3) is 11.5 Å². The standard InChI is InChI=1S/C26H27ClN4O4/c27-22-18(16-31-21-11-4-3-9-19(21)23(32)28-26(31)35)8-5-10-20(22)25(34)30-14-12-29(13-15-30)24(33)17-6-1-2-7-17/h3-5,8-11,17H,1-2,6-7,12-16H2,(H,28,32,35). The van der Waals surface area contributed by atoms with Crippen LogP contribution < -0.4 is 11.2 Å². The highest BCUT2D eigenvalue weighted by Gasteiger charge is 2.31. The Kier molecular flexibility index (Phi) is 6.47. The van der Waals surface area contributed by atoms with Gasteiger partial charge in [0.1, 0.15) is 0 Å². The summed E-state index contributed by atoms with van der Waals surface area (Å²) in [5, 5.41) is 0.685. The number of carbonyl (C=O) groups excluding carboxylic acids is 2. The first-order valence-corrected chi connectivity index (χ1v) is 12.4. The lowest BCUT2D eigenvalue weighted by Gasteiger charge is -2.36. The molecular formula is C26H27ClN4O4. The smallest absolute Gasteiger partial charge is 0.329 e. The number of rotatable bonds is 4. The number of halogens is 1. The third-order valence-corrected chi connectivity index (χ3v) is 7.57. The van der Waals surface area contributed by atoms with Crippen molar-refractivity contribution in [1.82, 2.24) is 19.4 Å². The van der Waals surface area contributed by atoms with E-state index in [9.17, 15) is 19.2 Å². The maximum absolute atomic E-state index is 13.3. The molecule has 0 atom stereocenters. The molecule has 35 heavy (non-hydrogen) atoms. The molecule has 0 bridgehead atoms. The Morgan fingerprint density at radius 1 is 0.914 bits per heavy atom. The monoisotopic (exact) mass is 494 g/mol. The molecule has 1 aromatic heterocycles. The molecule has 2 aromatic carbocycles. The zero-order chi connectivity index (χ0) is 24.5. The number of nitrogens with zero attached hydrogens (tertiary/aromatic N) is 3. The molecule has 1 aliphatic carbocycles. The van der Waals surface area contributed by atoms with Crippen molar-refractivity contribution in [3.63, 3.8) is 0 Å². The molecule has 1 saturated carbocycles. The van der Waals surface area contributed by atoms with E-state index >= 15 is 0 Å². The lowest BCUT2D eigenvalue weighted by atomic mass is 10.1. The molecule has 0 radical (unpaired) electrons. The van der Waals surface area contributed by atoms with Crippen molar-refractivity contribution in [2.45, 2.75) is 32.2 Å². The summed E-state index contributed by atoms with van der Waals surface area (Å²) in [6.07, 6.45) is 4.16. The van der Waals surface area contributed by atoms with Crippen LogP contribution in [-0.4, -0.2) is 57.3 Å². The molecule has 0 spiro atoms. The minimum Gasteiger partial charge on any atom is -0.339 e. The Hall–Kier alpha value is -3.39. The van der Waals surface area contributed by atoms with Crippen LogP contribution in [0.1, 0.15) is 41.6 Å². The summed E-state index contributed by atoms with van der Waals surface area (Å²) in [6, 6.07) is 12.1. The number of hydrogen-bond acceptors (Lipinski definition) is 4. The van der Waals surface area contributed by atoms with E-state index in [1.807, 2.05) is 4.90 Å². The number of benzene rings is 2. The molecule has 2 aliphatic rings. The molecule has 182 valence electrons. The normalized spacial score (nSPS) is 16.7. The van der Waals surface area contributed by atoms with Crippen LogP contribution in [0.4, 0.5) is 0 Å². The Balaban J connectivity index is 1.34. The number of H-pyrrole nitrogens is 1. The van der Waals surface area contributed by atoms with E-state index in [1.54, 1.807) is 47.4 Å². The number of fused-ring (bicyclic) bond motifs is 1. The van der Waals surface area contributed by atoms with E-state index in [0.717, 1.165) is 25.7 Å². The average molecular weight is 495 g/mol. The number of aromatic amines is 1. The average Bonchev–Trinajstić information content (AvgIpc) is 3.42. The van der Waals surface area contributed by atoms with Crippen molar-refractivity contribution in [1.29, 1.82) is 0 Å². The molecule has 3 aromatic rings. The Bertz CT molecular complexity index is 1400. The van der Waals surface area contributed by atoms with Gasteiger partial charge in [-0.25, -0.2) is 4.79 Å². The van der Waals surface area contributed by atoms with Crippen molar-refractivity contribution in [2.75, 3.05) is 26.2 Å². The zero-order valence-electron chi connectivity index (χ0n) is 19.3. The molecule has 5 rings (SSSR count). The summed E-state index contributed by atoms with van der Waals surface area (Å²) >= 11 is 6.67. The SMILES string of the molecule is O=C(c1cccc(Cn2c(=O)[nH]c(=O)c3ccccc32)c1Cl)N1CCN(C(=O)C2CCCC2)CC1. The molecule has 2 amide bonds. The molecule has 1 aliphatic heterocycles.